The second-order valence-electron chi connectivity index (χ2n) is 4.37. The van der Waals surface area contributed by atoms with Crippen molar-refractivity contribution in [3.05, 3.63) is 5.82 Å². The van der Waals surface area contributed by atoms with Crippen LogP contribution in [0.1, 0.15) is 5.82 Å². The molecule has 2 rings (SSSR count). The Kier molecular flexibility index (Phi) is 4.81. The molecule has 1 saturated heterocycles. The SMILES string of the molecule is COc1nc(C#N)nc(N[C@H]2CO[C@H](CO)[C@H](O)[C@@H]2O)n1. The summed E-state index contributed by atoms with van der Waals surface area (Å²) in [5.41, 5.74) is 0. The number of aromatic nitrogens is 3. The predicted molar refractivity (Wildman–Crippen MR) is 67.3 cm³/mol. The topological polar surface area (TPSA) is 154 Å². The fraction of sp³-hybridized carbons (Fsp3) is 0.636. The van der Waals surface area contributed by atoms with Crippen molar-refractivity contribution in [2.45, 2.75) is 24.4 Å². The molecule has 1 fully saturated rings. The van der Waals surface area contributed by atoms with Gasteiger partial charge in [-0.05, 0) is 0 Å². The fourth-order valence-electron chi connectivity index (χ4n) is 1.90. The van der Waals surface area contributed by atoms with Crippen molar-refractivity contribution in [3.8, 4) is 12.1 Å². The fourth-order valence-corrected chi connectivity index (χ4v) is 1.90. The largest absolute Gasteiger partial charge is 0.467 e. The van der Waals surface area contributed by atoms with Crippen LogP contribution in [0, 0.1) is 11.3 Å². The van der Waals surface area contributed by atoms with Gasteiger partial charge in [0.15, 0.2) is 0 Å². The van der Waals surface area contributed by atoms with Crippen LogP contribution in [-0.4, -0.2) is 74.9 Å². The highest BCUT2D eigenvalue weighted by molar-refractivity contribution is 5.31. The summed E-state index contributed by atoms with van der Waals surface area (Å²) in [5, 5.41) is 40.3. The quantitative estimate of drug-likeness (QED) is 0.474. The summed E-state index contributed by atoms with van der Waals surface area (Å²) >= 11 is 0. The molecule has 0 spiro atoms. The minimum Gasteiger partial charge on any atom is -0.467 e. The maximum absolute atomic E-state index is 9.98. The summed E-state index contributed by atoms with van der Waals surface area (Å²) in [6.07, 6.45) is -3.29. The summed E-state index contributed by atoms with van der Waals surface area (Å²) in [4.78, 5) is 11.4. The number of ether oxygens (including phenoxy) is 2. The third-order valence-electron chi connectivity index (χ3n) is 3.02. The summed E-state index contributed by atoms with van der Waals surface area (Å²) in [6, 6.07) is 0.998. The number of hydrogen-bond acceptors (Lipinski definition) is 10. The second-order valence-corrected chi connectivity index (χ2v) is 4.37. The highest BCUT2D eigenvalue weighted by Crippen LogP contribution is 2.18. The Morgan fingerprint density at radius 1 is 1.38 bits per heavy atom. The number of rotatable bonds is 4. The van der Waals surface area contributed by atoms with Crippen LogP contribution in [0.4, 0.5) is 5.95 Å². The molecule has 0 bridgehead atoms. The third kappa shape index (κ3) is 3.34. The average molecular weight is 297 g/mol. The number of hydrogen-bond donors (Lipinski definition) is 4. The first-order chi connectivity index (χ1) is 10.1. The van der Waals surface area contributed by atoms with E-state index in [9.17, 15) is 10.2 Å². The molecule has 10 nitrogen and oxygen atoms in total. The van der Waals surface area contributed by atoms with Crippen LogP contribution in [0.15, 0.2) is 0 Å². The maximum atomic E-state index is 9.98. The van der Waals surface area contributed by atoms with Crippen molar-refractivity contribution in [1.29, 1.82) is 5.26 Å². The molecule has 2 heterocycles. The third-order valence-corrected chi connectivity index (χ3v) is 3.02. The zero-order chi connectivity index (χ0) is 15.4. The molecule has 0 amide bonds. The molecule has 10 heteroatoms. The van der Waals surface area contributed by atoms with Crippen LogP contribution in [0.25, 0.3) is 0 Å². The van der Waals surface area contributed by atoms with Crippen LogP contribution in [0.2, 0.25) is 0 Å². The molecule has 4 N–H and O–H groups in total. The number of anilines is 1. The molecule has 21 heavy (non-hydrogen) atoms. The van der Waals surface area contributed by atoms with E-state index in [-0.39, 0.29) is 24.4 Å². The van der Waals surface area contributed by atoms with Crippen molar-refractivity contribution in [3.63, 3.8) is 0 Å². The summed E-state index contributed by atoms with van der Waals surface area (Å²) in [7, 11) is 1.34. The number of nitrogens with one attached hydrogen (secondary N) is 1. The van der Waals surface area contributed by atoms with E-state index in [0.29, 0.717) is 0 Å². The number of aliphatic hydroxyl groups excluding tert-OH is 3. The minimum absolute atomic E-state index is 0.0145. The van der Waals surface area contributed by atoms with Gasteiger partial charge in [-0.25, -0.2) is 0 Å². The standard InChI is InChI=1S/C11H15N5O5/c1-20-11-15-7(2-12)14-10(16-11)13-5-4-21-6(3-17)9(19)8(5)18/h5-6,8-9,17-19H,3-4H2,1H3,(H,13,14,15,16)/t5-,6+,8+,9-/m0/s1. The number of nitrogens with zero attached hydrogens (tertiary/aromatic N) is 4. The molecule has 1 aliphatic rings. The van der Waals surface area contributed by atoms with Gasteiger partial charge >= 0.3 is 6.01 Å². The molecule has 0 aromatic carbocycles. The van der Waals surface area contributed by atoms with Gasteiger partial charge in [-0.2, -0.15) is 20.2 Å². The first-order valence-corrected chi connectivity index (χ1v) is 6.14. The average Bonchev–Trinajstić information content (AvgIpc) is 2.51. The van der Waals surface area contributed by atoms with Crippen molar-refractivity contribution in [1.82, 2.24) is 15.0 Å². The first kappa shape index (κ1) is 15.3. The van der Waals surface area contributed by atoms with Gasteiger partial charge < -0.3 is 30.1 Å². The van der Waals surface area contributed by atoms with E-state index >= 15 is 0 Å². The lowest BCUT2D eigenvalue weighted by molar-refractivity contribution is -0.152. The number of aliphatic hydroxyl groups is 3. The Hall–Kier alpha value is -2.06. The molecule has 1 aromatic heterocycles. The van der Waals surface area contributed by atoms with Gasteiger partial charge in [-0.3, -0.25) is 0 Å². The monoisotopic (exact) mass is 297 g/mol. The predicted octanol–water partition coefficient (Wildman–Crippen LogP) is -2.35. The Balaban J connectivity index is 2.13. The van der Waals surface area contributed by atoms with Gasteiger partial charge in [0.2, 0.25) is 11.8 Å². The number of nitriles is 1. The lowest BCUT2D eigenvalue weighted by Crippen LogP contribution is -2.56. The Labute approximate surface area is 120 Å². The van der Waals surface area contributed by atoms with Crippen molar-refractivity contribution >= 4 is 5.95 Å². The molecule has 4 atom stereocenters. The molecule has 0 saturated carbocycles. The smallest absolute Gasteiger partial charge is 0.322 e. The van der Waals surface area contributed by atoms with Crippen LogP contribution in [-0.2, 0) is 4.74 Å². The highest BCUT2D eigenvalue weighted by Gasteiger charge is 2.38. The number of methoxy groups -OCH3 is 1. The van der Waals surface area contributed by atoms with Gasteiger partial charge in [0, 0.05) is 0 Å². The van der Waals surface area contributed by atoms with Gasteiger partial charge in [-0.15, -0.1) is 0 Å². The Bertz CT molecular complexity index is 536. The summed E-state index contributed by atoms with van der Waals surface area (Å²) in [5.74, 6) is -0.134. The zero-order valence-electron chi connectivity index (χ0n) is 11.2. The summed E-state index contributed by atoms with van der Waals surface area (Å²) < 4.78 is 10.1. The van der Waals surface area contributed by atoms with E-state index in [1.165, 1.54) is 7.11 Å². The molecule has 0 radical (unpaired) electrons. The second kappa shape index (κ2) is 6.59. The van der Waals surface area contributed by atoms with E-state index in [0.717, 1.165) is 0 Å². The lowest BCUT2D eigenvalue weighted by Gasteiger charge is -2.37. The van der Waals surface area contributed by atoms with E-state index < -0.39 is 31.0 Å². The van der Waals surface area contributed by atoms with E-state index in [1.54, 1.807) is 6.07 Å². The van der Waals surface area contributed by atoms with Crippen LogP contribution >= 0.6 is 0 Å². The zero-order valence-corrected chi connectivity index (χ0v) is 11.2. The maximum Gasteiger partial charge on any atom is 0.322 e. The molecule has 1 aromatic rings. The van der Waals surface area contributed by atoms with Crippen LogP contribution in [0.3, 0.4) is 0 Å². The minimum atomic E-state index is -1.25. The van der Waals surface area contributed by atoms with E-state index in [2.05, 4.69) is 20.3 Å². The molecule has 0 aliphatic carbocycles. The summed E-state index contributed by atoms with van der Waals surface area (Å²) in [6.45, 7) is -0.373. The van der Waals surface area contributed by atoms with Crippen molar-refractivity contribution < 1.29 is 24.8 Å². The highest BCUT2D eigenvalue weighted by atomic mass is 16.5. The lowest BCUT2D eigenvalue weighted by atomic mass is 9.98. The van der Waals surface area contributed by atoms with Gasteiger partial charge in [0.05, 0.1) is 26.4 Å². The van der Waals surface area contributed by atoms with E-state index in [4.69, 9.17) is 19.8 Å². The van der Waals surface area contributed by atoms with E-state index in [1.807, 2.05) is 0 Å². The van der Waals surface area contributed by atoms with Crippen LogP contribution in [0.5, 0.6) is 6.01 Å². The molecular formula is C11H15N5O5. The first-order valence-electron chi connectivity index (χ1n) is 6.14. The van der Waals surface area contributed by atoms with Crippen molar-refractivity contribution in [2.24, 2.45) is 0 Å². The Morgan fingerprint density at radius 3 is 2.76 bits per heavy atom. The molecular weight excluding hydrogens is 282 g/mol. The molecule has 0 unspecified atom stereocenters. The van der Waals surface area contributed by atoms with Gasteiger partial charge in [0.25, 0.3) is 0 Å². The van der Waals surface area contributed by atoms with Gasteiger partial charge in [-0.1, -0.05) is 0 Å². The van der Waals surface area contributed by atoms with Crippen molar-refractivity contribution in [2.75, 3.05) is 25.6 Å². The molecule has 1 aliphatic heterocycles. The normalized spacial score (nSPS) is 28.7. The Morgan fingerprint density at radius 2 is 2.14 bits per heavy atom. The van der Waals surface area contributed by atoms with Crippen LogP contribution < -0.4 is 10.1 Å². The van der Waals surface area contributed by atoms with Gasteiger partial charge in [0.1, 0.15) is 24.4 Å². The molecule has 114 valence electrons.